The van der Waals surface area contributed by atoms with Gasteiger partial charge in [0.15, 0.2) is 11.5 Å². The van der Waals surface area contributed by atoms with Gasteiger partial charge in [-0.25, -0.2) is 0 Å². The first-order valence-corrected chi connectivity index (χ1v) is 15.9. The number of ether oxygens (including phenoxy) is 3. The Balaban J connectivity index is 1.45. The van der Waals surface area contributed by atoms with Crippen LogP contribution in [0.15, 0.2) is 54.6 Å². The molecule has 0 bridgehead atoms. The third-order valence-corrected chi connectivity index (χ3v) is 8.80. The van der Waals surface area contributed by atoms with Crippen LogP contribution in [-0.4, -0.2) is 48.4 Å². The van der Waals surface area contributed by atoms with Crippen LogP contribution in [0.4, 0.5) is 5.69 Å². The Morgan fingerprint density at radius 1 is 0.955 bits per heavy atom. The van der Waals surface area contributed by atoms with Crippen molar-refractivity contribution in [1.29, 1.82) is 0 Å². The van der Waals surface area contributed by atoms with Gasteiger partial charge in [-0.2, -0.15) is 0 Å². The zero-order valence-corrected chi connectivity index (χ0v) is 26.4. The zero-order valence-electron chi connectivity index (χ0n) is 25.6. The van der Waals surface area contributed by atoms with E-state index < -0.39 is 17.9 Å². The largest absolute Gasteiger partial charge is 0.494 e. The van der Waals surface area contributed by atoms with Gasteiger partial charge in [0.2, 0.25) is 12.7 Å². The van der Waals surface area contributed by atoms with Gasteiger partial charge < -0.3 is 24.6 Å². The number of aryl methyl sites for hydroxylation is 2. The third-order valence-electron chi connectivity index (χ3n) is 8.59. The Morgan fingerprint density at radius 3 is 2.30 bits per heavy atom. The lowest BCUT2D eigenvalue weighted by Gasteiger charge is -2.27. The quantitative estimate of drug-likeness (QED) is 0.194. The topological polar surface area (TPSA) is 97.3 Å². The van der Waals surface area contributed by atoms with Gasteiger partial charge >= 0.3 is 5.97 Å². The van der Waals surface area contributed by atoms with Crippen LogP contribution in [-0.2, 0) is 22.4 Å². The molecule has 2 heterocycles. The number of rotatable bonds is 13. The van der Waals surface area contributed by atoms with Crippen LogP contribution in [0.2, 0.25) is 5.02 Å². The molecule has 2 aliphatic heterocycles. The monoisotopic (exact) mass is 620 g/mol. The van der Waals surface area contributed by atoms with E-state index in [9.17, 15) is 14.7 Å². The van der Waals surface area contributed by atoms with Gasteiger partial charge in [-0.15, -0.1) is 0 Å². The minimum absolute atomic E-state index is 0.0275. The molecular formula is C35H41ClN2O6. The molecule has 2 N–H and O–H groups in total. The average molecular weight is 621 g/mol. The lowest BCUT2D eigenvalue weighted by molar-refractivity contribution is -0.143. The number of carboxylic acid groups (broad SMARTS) is 1. The lowest BCUT2D eigenvalue weighted by atomic mass is 9.82. The maximum atomic E-state index is 13.7. The maximum Gasteiger partial charge on any atom is 0.309 e. The van der Waals surface area contributed by atoms with Crippen LogP contribution >= 0.6 is 11.6 Å². The predicted octanol–water partition coefficient (Wildman–Crippen LogP) is 7.24. The summed E-state index contributed by atoms with van der Waals surface area (Å²) < 4.78 is 17.0. The smallest absolute Gasteiger partial charge is 0.309 e. The van der Waals surface area contributed by atoms with Gasteiger partial charge in [-0.05, 0) is 77.9 Å². The Hall–Kier alpha value is -3.75. The molecule has 0 aromatic heterocycles. The highest BCUT2D eigenvalue weighted by Crippen LogP contribution is 2.48. The molecule has 8 nitrogen and oxygen atoms in total. The fourth-order valence-electron chi connectivity index (χ4n) is 6.38. The van der Waals surface area contributed by atoms with E-state index in [0.29, 0.717) is 29.7 Å². The van der Waals surface area contributed by atoms with E-state index in [0.717, 1.165) is 65.8 Å². The number of nitrogens with one attached hydrogen (secondary N) is 1. The normalized spacial score (nSPS) is 19.2. The van der Waals surface area contributed by atoms with E-state index in [1.807, 2.05) is 73.3 Å². The van der Waals surface area contributed by atoms with Crippen LogP contribution in [0, 0.1) is 5.92 Å². The van der Waals surface area contributed by atoms with Crippen molar-refractivity contribution in [2.45, 2.75) is 64.8 Å². The standard InChI is InChI=1S/C35H41ClN2O6/c1-4-7-8-15-42-27-12-9-24(10-13-27)34-32(35(40)41)28(25-11-14-29-30(18-25)44-21-43-29)19-38(34)20-31(39)37-33-22(5-2)16-26(36)17-23(33)6-3/h9-14,16-18,28,32,34H,4-8,15,19-21H2,1-3H3,(H,37,39)(H,40,41)/t28-,32?,34+/m1/s1. The molecule has 0 aliphatic carbocycles. The minimum Gasteiger partial charge on any atom is -0.494 e. The molecule has 3 atom stereocenters. The minimum atomic E-state index is -0.917. The van der Waals surface area contributed by atoms with Gasteiger partial charge in [-0.1, -0.05) is 63.4 Å². The average Bonchev–Trinajstić information content (AvgIpc) is 3.64. The highest BCUT2D eigenvalue weighted by molar-refractivity contribution is 6.30. The molecule has 0 spiro atoms. The van der Waals surface area contributed by atoms with Crippen molar-refractivity contribution in [3.63, 3.8) is 0 Å². The molecule has 234 valence electrons. The number of amides is 1. The molecule has 3 aromatic rings. The summed E-state index contributed by atoms with van der Waals surface area (Å²) in [5.74, 6) is -0.306. The van der Waals surface area contributed by atoms with Crippen molar-refractivity contribution < 1.29 is 28.9 Å². The molecule has 5 rings (SSSR count). The number of likely N-dealkylation sites (tertiary alicyclic amines) is 1. The Labute approximate surface area is 264 Å². The van der Waals surface area contributed by atoms with Crippen molar-refractivity contribution in [3.05, 3.63) is 81.9 Å². The molecule has 0 saturated carbocycles. The van der Waals surface area contributed by atoms with E-state index >= 15 is 0 Å². The van der Waals surface area contributed by atoms with Gasteiger partial charge in [-0.3, -0.25) is 14.5 Å². The summed E-state index contributed by atoms with van der Waals surface area (Å²) in [5, 5.41) is 14.4. The summed E-state index contributed by atoms with van der Waals surface area (Å²) in [6, 6.07) is 16.5. The molecule has 0 radical (unpaired) electrons. The maximum absolute atomic E-state index is 13.7. The molecule has 2 aliphatic rings. The van der Waals surface area contributed by atoms with Gasteiger partial charge in [0, 0.05) is 29.2 Å². The van der Waals surface area contributed by atoms with Crippen LogP contribution in [0.1, 0.15) is 74.2 Å². The number of halogens is 1. The van der Waals surface area contributed by atoms with Crippen molar-refractivity contribution in [2.75, 3.05) is 31.8 Å². The van der Waals surface area contributed by atoms with Crippen LogP contribution in [0.5, 0.6) is 17.2 Å². The molecule has 1 fully saturated rings. The number of nitrogens with zero attached hydrogens (tertiary/aromatic N) is 1. The number of aliphatic carboxylic acids is 1. The van der Waals surface area contributed by atoms with Crippen LogP contribution < -0.4 is 19.5 Å². The number of unbranched alkanes of at least 4 members (excludes halogenated alkanes) is 2. The summed E-state index contributed by atoms with van der Waals surface area (Å²) in [7, 11) is 0. The summed E-state index contributed by atoms with van der Waals surface area (Å²) >= 11 is 6.35. The Bertz CT molecular complexity index is 1450. The van der Waals surface area contributed by atoms with Crippen LogP contribution in [0.3, 0.4) is 0 Å². The Kier molecular flexibility index (Phi) is 10.3. The van der Waals surface area contributed by atoms with Gasteiger partial charge in [0.25, 0.3) is 0 Å². The van der Waals surface area contributed by atoms with Crippen molar-refractivity contribution >= 4 is 29.2 Å². The lowest BCUT2D eigenvalue weighted by Crippen LogP contribution is -2.35. The van der Waals surface area contributed by atoms with E-state index in [1.54, 1.807) is 0 Å². The number of carboxylic acids is 1. The van der Waals surface area contributed by atoms with Gasteiger partial charge in [0.1, 0.15) is 5.75 Å². The molecule has 1 unspecified atom stereocenters. The first-order valence-electron chi connectivity index (χ1n) is 15.5. The number of carbonyl (C=O) groups is 2. The van der Waals surface area contributed by atoms with Gasteiger partial charge in [0.05, 0.1) is 19.1 Å². The fraction of sp³-hybridized carbons (Fsp3) is 0.429. The molecule has 1 amide bonds. The SMILES string of the molecule is CCCCCOc1ccc([C@H]2C(C(=O)O)[C@@H](c3ccc4c(c3)OCO4)CN2CC(=O)Nc2c(CC)cc(Cl)cc2CC)cc1. The second kappa shape index (κ2) is 14.4. The zero-order chi connectivity index (χ0) is 31.2. The number of benzene rings is 3. The van der Waals surface area contributed by atoms with E-state index in [1.165, 1.54) is 0 Å². The first kappa shape index (κ1) is 31.7. The summed E-state index contributed by atoms with van der Waals surface area (Å²) in [6.07, 6.45) is 4.64. The number of carbonyl (C=O) groups excluding carboxylic acids is 1. The third kappa shape index (κ3) is 6.97. The van der Waals surface area contributed by atoms with Crippen molar-refractivity contribution in [3.8, 4) is 17.2 Å². The van der Waals surface area contributed by atoms with E-state index in [-0.39, 0.29) is 25.2 Å². The highest BCUT2D eigenvalue weighted by atomic mass is 35.5. The van der Waals surface area contributed by atoms with E-state index in [2.05, 4.69) is 12.2 Å². The molecule has 3 aromatic carbocycles. The number of anilines is 1. The number of hydrogen-bond donors (Lipinski definition) is 2. The molecule has 9 heteroatoms. The van der Waals surface area contributed by atoms with E-state index in [4.69, 9.17) is 25.8 Å². The second-order valence-corrected chi connectivity index (χ2v) is 11.9. The molecule has 44 heavy (non-hydrogen) atoms. The summed E-state index contributed by atoms with van der Waals surface area (Å²) in [5.41, 5.74) is 4.38. The summed E-state index contributed by atoms with van der Waals surface area (Å²) in [4.78, 5) is 28.6. The number of fused-ring (bicyclic) bond motifs is 1. The summed E-state index contributed by atoms with van der Waals surface area (Å²) in [6.45, 7) is 7.39. The van der Waals surface area contributed by atoms with Crippen molar-refractivity contribution in [1.82, 2.24) is 4.90 Å². The first-order chi connectivity index (χ1) is 21.3. The molecule has 1 saturated heterocycles. The Morgan fingerprint density at radius 2 is 1.64 bits per heavy atom. The predicted molar refractivity (Wildman–Crippen MR) is 171 cm³/mol. The molecular weight excluding hydrogens is 580 g/mol. The van der Waals surface area contributed by atoms with Crippen molar-refractivity contribution in [2.24, 2.45) is 5.92 Å². The second-order valence-electron chi connectivity index (χ2n) is 11.4. The van der Waals surface area contributed by atoms with Crippen LogP contribution in [0.25, 0.3) is 0 Å². The number of hydrogen-bond acceptors (Lipinski definition) is 6. The highest BCUT2D eigenvalue weighted by Gasteiger charge is 2.48. The fourth-order valence-corrected chi connectivity index (χ4v) is 6.65.